The molecule has 0 aliphatic heterocycles. The number of ether oxygens (including phenoxy) is 1. The van der Waals surface area contributed by atoms with Gasteiger partial charge in [0.1, 0.15) is 0 Å². The van der Waals surface area contributed by atoms with E-state index >= 15 is 0 Å². The van der Waals surface area contributed by atoms with Crippen molar-refractivity contribution in [1.29, 1.82) is 0 Å². The molecule has 0 saturated carbocycles. The Bertz CT molecular complexity index is 643. The average Bonchev–Trinajstić information content (AvgIpc) is 2.90. The maximum absolute atomic E-state index is 11.7. The zero-order valence-electron chi connectivity index (χ0n) is 12.0. The third-order valence-electron chi connectivity index (χ3n) is 2.50. The first-order chi connectivity index (χ1) is 10.0. The Morgan fingerprint density at radius 2 is 2.19 bits per heavy atom. The molecule has 0 aliphatic rings. The molecule has 0 amide bonds. The van der Waals surface area contributed by atoms with Crippen LogP contribution in [0.15, 0.2) is 27.4 Å². The first-order valence-corrected chi connectivity index (χ1v) is 7.90. The molecule has 0 fully saturated rings. The third kappa shape index (κ3) is 3.85. The molecule has 2 rings (SSSR count). The Morgan fingerprint density at radius 3 is 2.81 bits per heavy atom. The minimum atomic E-state index is -0.356. The van der Waals surface area contributed by atoms with Crippen LogP contribution in [0.5, 0.6) is 0 Å². The van der Waals surface area contributed by atoms with Crippen molar-refractivity contribution in [3.8, 4) is 0 Å². The molecule has 0 atom stereocenters. The fourth-order valence-corrected chi connectivity index (χ4v) is 3.29. The summed E-state index contributed by atoms with van der Waals surface area (Å²) in [5.74, 6) is -0.356. The van der Waals surface area contributed by atoms with Gasteiger partial charge in [-0.3, -0.25) is 0 Å². The summed E-state index contributed by atoms with van der Waals surface area (Å²) in [5.41, 5.74) is 7.02. The number of hydrogen-bond donors (Lipinski definition) is 1. The second-order valence-corrected chi connectivity index (χ2v) is 6.57. The van der Waals surface area contributed by atoms with Crippen molar-refractivity contribution in [3.05, 3.63) is 23.8 Å². The maximum Gasteiger partial charge on any atom is 0.338 e. The number of benzene rings is 1. The van der Waals surface area contributed by atoms with E-state index in [4.69, 9.17) is 10.5 Å². The van der Waals surface area contributed by atoms with Gasteiger partial charge >= 0.3 is 5.97 Å². The van der Waals surface area contributed by atoms with Crippen molar-refractivity contribution in [2.45, 2.75) is 16.2 Å². The van der Waals surface area contributed by atoms with Crippen LogP contribution in [0.2, 0.25) is 0 Å². The molecule has 2 N–H and O–H groups in total. The Labute approximate surface area is 131 Å². The van der Waals surface area contributed by atoms with Crippen molar-refractivity contribution in [2.75, 3.05) is 31.3 Å². The Kier molecular flexibility index (Phi) is 5.03. The van der Waals surface area contributed by atoms with Gasteiger partial charge in [0.15, 0.2) is 4.34 Å². The highest BCUT2D eigenvalue weighted by molar-refractivity contribution is 8.01. The summed E-state index contributed by atoms with van der Waals surface area (Å²) in [6, 6.07) is 5.07. The molecule has 1 heterocycles. The number of carbonyl (C=O) groups excluding carboxylic acids is 1. The zero-order chi connectivity index (χ0) is 15.4. The van der Waals surface area contributed by atoms with Crippen LogP contribution in [-0.4, -0.2) is 36.9 Å². The highest BCUT2D eigenvalue weighted by atomic mass is 32.2. The fourth-order valence-electron chi connectivity index (χ4n) is 1.48. The monoisotopic (exact) mass is 324 g/mol. The molecule has 0 unspecified atom stereocenters. The molecule has 1 aromatic heterocycles. The number of carbonyl (C=O) groups is 1. The van der Waals surface area contributed by atoms with Crippen LogP contribution < -0.4 is 10.6 Å². The van der Waals surface area contributed by atoms with E-state index in [2.05, 4.69) is 10.2 Å². The Hall–Kier alpha value is -1.80. The summed E-state index contributed by atoms with van der Waals surface area (Å²) in [7, 11) is 3.81. The van der Waals surface area contributed by atoms with Crippen molar-refractivity contribution in [1.82, 2.24) is 10.2 Å². The van der Waals surface area contributed by atoms with Gasteiger partial charge in [-0.05, 0) is 25.1 Å². The normalized spacial score (nSPS) is 10.4. The highest BCUT2D eigenvalue weighted by Gasteiger charge is 2.13. The van der Waals surface area contributed by atoms with Gasteiger partial charge in [0, 0.05) is 24.7 Å². The zero-order valence-corrected chi connectivity index (χ0v) is 13.6. The lowest BCUT2D eigenvalue weighted by molar-refractivity contribution is 0.0526. The summed E-state index contributed by atoms with van der Waals surface area (Å²) in [4.78, 5) is 14.4. The smallest absolute Gasteiger partial charge is 0.338 e. The highest BCUT2D eigenvalue weighted by Crippen LogP contribution is 2.36. The second-order valence-electron chi connectivity index (χ2n) is 4.32. The van der Waals surface area contributed by atoms with E-state index in [0.29, 0.717) is 17.9 Å². The standard InChI is InChI=1S/C13H16N4O2S2/c1-4-19-11(18)8-5-6-9(14)10(7-8)20-13-16-15-12(21-13)17(2)3/h5-7H,4,14H2,1-3H3. The van der Waals surface area contributed by atoms with Crippen LogP contribution >= 0.6 is 23.1 Å². The molecular formula is C13H16N4O2S2. The molecule has 0 aliphatic carbocycles. The first kappa shape index (κ1) is 15.6. The van der Waals surface area contributed by atoms with E-state index < -0.39 is 0 Å². The van der Waals surface area contributed by atoms with Crippen molar-refractivity contribution >= 4 is 39.9 Å². The summed E-state index contributed by atoms with van der Waals surface area (Å²) in [6.07, 6.45) is 0. The van der Waals surface area contributed by atoms with E-state index in [-0.39, 0.29) is 5.97 Å². The number of nitrogen functional groups attached to an aromatic ring is 1. The number of nitrogens with zero attached hydrogens (tertiary/aromatic N) is 3. The first-order valence-electron chi connectivity index (χ1n) is 6.26. The Balaban J connectivity index is 2.22. The van der Waals surface area contributed by atoms with E-state index in [1.807, 2.05) is 19.0 Å². The van der Waals surface area contributed by atoms with Crippen molar-refractivity contribution in [3.63, 3.8) is 0 Å². The van der Waals surface area contributed by atoms with Gasteiger partial charge in [-0.2, -0.15) is 0 Å². The van der Waals surface area contributed by atoms with Crippen LogP contribution in [0.4, 0.5) is 10.8 Å². The average molecular weight is 324 g/mol. The topological polar surface area (TPSA) is 81.3 Å². The maximum atomic E-state index is 11.7. The van der Waals surface area contributed by atoms with Crippen LogP contribution in [0, 0.1) is 0 Å². The Morgan fingerprint density at radius 1 is 1.43 bits per heavy atom. The third-order valence-corrected chi connectivity index (χ3v) is 4.72. The summed E-state index contributed by atoms with van der Waals surface area (Å²) < 4.78 is 5.76. The van der Waals surface area contributed by atoms with Gasteiger partial charge in [-0.15, -0.1) is 10.2 Å². The minimum absolute atomic E-state index is 0.342. The molecule has 0 saturated heterocycles. The molecule has 0 bridgehead atoms. The second kappa shape index (κ2) is 6.77. The number of aromatic nitrogens is 2. The van der Waals surface area contributed by atoms with Gasteiger partial charge in [0.25, 0.3) is 0 Å². The number of hydrogen-bond acceptors (Lipinski definition) is 8. The van der Waals surface area contributed by atoms with Crippen LogP contribution in [0.3, 0.4) is 0 Å². The SMILES string of the molecule is CCOC(=O)c1ccc(N)c(Sc2nnc(N(C)C)s2)c1. The molecule has 112 valence electrons. The lowest BCUT2D eigenvalue weighted by atomic mass is 10.2. The molecule has 6 nitrogen and oxygen atoms in total. The largest absolute Gasteiger partial charge is 0.462 e. The molecule has 8 heteroatoms. The summed E-state index contributed by atoms with van der Waals surface area (Å²) >= 11 is 2.85. The summed E-state index contributed by atoms with van der Waals surface area (Å²) in [6.45, 7) is 2.11. The predicted octanol–water partition coefficient (Wildman–Crippen LogP) is 2.51. The minimum Gasteiger partial charge on any atom is -0.462 e. The van der Waals surface area contributed by atoms with E-state index in [1.165, 1.54) is 23.1 Å². The van der Waals surface area contributed by atoms with Crippen LogP contribution in [-0.2, 0) is 4.74 Å². The summed E-state index contributed by atoms with van der Waals surface area (Å²) in [5, 5.41) is 8.99. The van der Waals surface area contributed by atoms with Crippen molar-refractivity contribution < 1.29 is 9.53 Å². The molecule has 0 radical (unpaired) electrons. The van der Waals surface area contributed by atoms with E-state index in [0.717, 1.165) is 14.4 Å². The molecule has 1 aromatic carbocycles. The molecular weight excluding hydrogens is 308 g/mol. The number of anilines is 2. The van der Waals surface area contributed by atoms with Gasteiger partial charge < -0.3 is 15.4 Å². The lowest BCUT2D eigenvalue weighted by Crippen LogP contribution is -2.07. The van der Waals surface area contributed by atoms with Crippen molar-refractivity contribution in [2.24, 2.45) is 0 Å². The lowest BCUT2D eigenvalue weighted by Gasteiger charge is -2.06. The van der Waals surface area contributed by atoms with Gasteiger partial charge in [-0.25, -0.2) is 4.79 Å². The van der Waals surface area contributed by atoms with Gasteiger partial charge in [0.05, 0.1) is 12.2 Å². The molecule has 0 spiro atoms. The fraction of sp³-hybridized carbons (Fsp3) is 0.308. The molecule has 21 heavy (non-hydrogen) atoms. The van der Waals surface area contributed by atoms with Crippen LogP contribution in [0.1, 0.15) is 17.3 Å². The van der Waals surface area contributed by atoms with E-state index in [1.54, 1.807) is 25.1 Å². The number of rotatable bonds is 5. The van der Waals surface area contributed by atoms with Gasteiger partial charge in [-0.1, -0.05) is 23.1 Å². The van der Waals surface area contributed by atoms with Crippen LogP contribution in [0.25, 0.3) is 0 Å². The van der Waals surface area contributed by atoms with Gasteiger partial charge in [0.2, 0.25) is 5.13 Å². The number of esters is 1. The molecule has 2 aromatic rings. The number of nitrogens with two attached hydrogens (primary N) is 1. The van der Waals surface area contributed by atoms with E-state index in [9.17, 15) is 4.79 Å². The predicted molar refractivity (Wildman–Crippen MR) is 85.2 cm³/mol. The quantitative estimate of drug-likeness (QED) is 0.668.